The molecule has 0 bridgehead atoms. The van der Waals surface area contributed by atoms with E-state index in [-0.39, 0.29) is 5.88 Å². The molecule has 0 fully saturated rings. The van der Waals surface area contributed by atoms with Gasteiger partial charge in [0.2, 0.25) is 5.88 Å². The normalized spacial score (nSPS) is 14.3. The van der Waals surface area contributed by atoms with Crippen LogP contribution < -0.4 is 19.9 Å². The number of fused-ring (bicyclic) bond motifs is 1. The summed E-state index contributed by atoms with van der Waals surface area (Å²) in [6.45, 7) is 2.42. The second kappa shape index (κ2) is 11.4. The summed E-state index contributed by atoms with van der Waals surface area (Å²) in [5, 5.41) is 9.91. The lowest BCUT2D eigenvalue weighted by Crippen LogP contribution is -2.21. The maximum absolute atomic E-state index is 12.4. The number of ether oxygens (including phenoxy) is 3. The quantitative estimate of drug-likeness (QED) is 0.174. The maximum Gasteiger partial charge on any atom is 0.336 e. The van der Waals surface area contributed by atoms with Gasteiger partial charge in [-0.3, -0.25) is 0 Å². The predicted octanol–water partition coefficient (Wildman–Crippen LogP) is 6.41. The van der Waals surface area contributed by atoms with Crippen molar-refractivity contribution in [3.8, 4) is 23.3 Å². The van der Waals surface area contributed by atoms with Crippen LogP contribution in [0.3, 0.4) is 0 Å². The van der Waals surface area contributed by atoms with Crippen molar-refractivity contribution in [3.63, 3.8) is 0 Å². The van der Waals surface area contributed by atoms with Gasteiger partial charge >= 0.3 is 5.97 Å². The summed E-state index contributed by atoms with van der Waals surface area (Å²) in [7, 11) is 0. The third kappa shape index (κ3) is 6.00. The summed E-state index contributed by atoms with van der Waals surface area (Å²) in [5.41, 5.74) is 11.1. The minimum atomic E-state index is -0.521. The molecular weight excluding hydrogens is 488 g/mol. The zero-order valence-electron chi connectivity index (χ0n) is 21.3. The summed E-state index contributed by atoms with van der Waals surface area (Å²) in [6.07, 6.45) is 3.07. The van der Waals surface area contributed by atoms with Crippen molar-refractivity contribution < 1.29 is 19.0 Å². The summed E-state index contributed by atoms with van der Waals surface area (Å²) in [4.78, 5) is 12.4. The number of aryl methyl sites for hydroxylation is 1. The van der Waals surface area contributed by atoms with Crippen LogP contribution in [0, 0.1) is 18.3 Å². The van der Waals surface area contributed by atoms with Gasteiger partial charge in [-0.15, -0.1) is 0 Å². The Bertz CT molecular complexity index is 1600. The first-order valence-electron chi connectivity index (χ1n) is 12.4. The molecule has 1 atom stereocenters. The number of hydrogen-bond donors (Lipinski definition) is 1. The molecule has 0 saturated heterocycles. The number of carbonyl (C=O) groups excluding carboxylic acids is 1. The minimum absolute atomic E-state index is 0.00773. The molecule has 0 aliphatic carbocycles. The number of carbonyl (C=O) groups is 1. The first-order chi connectivity index (χ1) is 19.0. The Morgan fingerprint density at radius 1 is 0.974 bits per heavy atom. The monoisotopic (exact) mass is 514 g/mol. The van der Waals surface area contributed by atoms with Crippen LogP contribution in [0.4, 0.5) is 0 Å². The van der Waals surface area contributed by atoms with Crippen LogP contribution in [0.1, 0.15) is 33.7 Å². The fourth-order valence-electron chi connectivity index (χ4n) is 4.36. The molecule has 6 heteroatoms. The molecule has 1 aliphatic heterocycles. The Labute approximate surface area is 227 Å². The standard InChI is InChI=1S/C33H26N2O4/c1-22-10-12-23(13-11-22)14-17-31(36)38-27-15-16-28-30(19-27)39-33(35)29(20-34)32(28)25-8-5-9-26(18-25)37-21-24-6-3-2-4-7-24/h2-19,32H,21,35H2,1H3/b17-14+. The fourth-order valence-corrected chi connectivity index (χ4v) is 4.36. The summed E-state index contributed by atoms with van der Waals surface area (Å²) in [6, 6.07) is 32.5. The molecule has 1 aliphatic rings. The molecule has 0 saturated carbocycles. The number of nitriles is 1. The van der Waals surface area contributed by atoms with E-state index in [1.165, 1.54) is 6.08 Å². The molecule has 39 heavy (non-hydrogen) atoms. The van der Waals surface area contributed by atoms with Gasteiger partial charge in [0.15, 0.2) is 0 Å². The number of benzene rings is 4. The molecule has 192 valence electrons. The lowest BCUT2D eigenvalue weighted by atomic mass is 9.83. The van der Waals surface area contributed by atoms with E-state index in [1.807, 2.05) is 85.8 Å². The highest BCUT2D eigenvalue weighted by molar-refractivity contribution is 5.88. The van der Waals surface area contributed by atoms with Crippen LogP contribution in [0.5, 0.6) is 17.2 Å². The number of allylic oxidation sites excluding steroid dienone is 1. The van der Waals surface area contributed by atoms with Crippen molar-refractivity contribution in [1.29, 1.82) is 5.26 Å². The highest BCUT2D eigenvalue weighted by Gasteiger charge is 2.31. The number of hydrogen-bond acceptors (Lipinski definition) is 6. The van der Waals surface area contributed by atoms with Crippen LogP contribution in [-0.2, 0) is 11.4 Å². The fraction of sp³-hybridized carbons (Fsp3) is 0.0909. The van der Waals surface area contributed by atoms with E-state index in [9.17, 15) is 10.1 Å². The Hall–Kier alpha value is -5.28. The summed E-state index contributed by atoms with van der Waals surface area (Å²) < 4.78 is 17.3. The average Bonchev–Trinajstić information content (AvgIpc) is 2.95. The maximum atomic E-state index is 12.4. The zero-order valence-corrected chi connectivity index (χ0v) is 21.3. The van der Waals surface area contributed by atoms with Gasteiger partial charge in [-0.05, 0) is 47.9 Å². The van der Waals surface area contributed by atoms with E-state index in [0.29, 0.717) is 29.4 Å². The SMILES string of the molecule is Cc1ccc(/C=C/C(=O)Oc2ccc3c(c2)OC(N)=C(C#N)C3c2cccc(OCc3ccccc3)c2)cc1. The zero-order chi connectivity index (χ0) is 27.2. The Balaban J connectivity index is 1.37. The van der Waals surface area contributed by atoms with Crippen molar-refractivity contribution in [2.75, 3.05) is 0 Å². The number of nitrogens with zero attached hydrogens (tertiary/aromatic N) is 1. The molecule has 2 N–H and O–H groups in total. The number of rotatable bonds is 7. The molecule has 0 spiro atoms. The van der Waals surface area contributed by atoms with Gasteiger partial charge in [0, 0.05) is 17.7 Å². The highest BCUT2D eigenvalue weighted by Crippen LogP contribution is 2.44. The van der Waals surface area contributed by atoms with Crippen LogP contribution >= 0.6 is 0 Å². The van der Waals surface area contributed by atoms with Gasteiger partial charge in [0.1, 0.15) is 35.5 Å². The Kier molecular flexibility index (Phi) is 7.42. The van der Waals surface area contributed by atoms with Crippen molar-refractivity contribution in [2.45, 2.75) is 19.4 Å². The smallest absolute Gasteiger partial charge is 0.336 e. The van der Waals surface area contributed by atoms with Crippen LogP contribution in [-0.4, -0.2) is 5.97 Å². The Morgan fingerprint density at radius 2 is 1.77 bits per heavy atom. The van der Waals surface area contributed by atoms with Gasteiger partial charge in [-0.2, -0.15) is 5.26 Å². The van der Waals surface area contributed by atoms with Crippen molar-refractivity contribution in [2.24, 2.45) is 5.73 Å². The third-order valence-electron chi connectivity index (χ3n) is 6.34. The number of esters is 1. The molecule has 0 radical (unpaired) electrons. The molecule has 1 unspecified atom stereocenters. The third-order valence-corrected chi connectivity index (χ3v) is 6.34. The van der Waals surface area contributed by atoms with E-state index in [4.69, 9.17) is 19.9 Å². The van der Waals surface area contributed by atoms with Gasteiger partial charge in [-0.1, -0.05) is 78.4 Å². The molecular formula is C33H26N2O4. The topological polar surface area (TPSA) is 94.6 Å². The molecule has 0 aromatic heterocycles. The first-order valence-corrected chi connectivity index (χ1v) is 12.4. The largest absolute Gasteiger partial charge is 0.489 e. The summed E-state index contributed by atoms with van der Waals surface area (Å²) in [5.74, 6) is 0.413. The second-order valence-corrected chi connectivity index (χ2v) is 9.14. The number of nitrogens with two attached hydrogens (primary N) is 1. The van der Waals surface area contributed by atoms with E-state index in [1.54, 1.807) is 24.3 Å². The van der Waals surface area contributed by atoms with E-state index in [0.717, 1.165) is 27.8 Å². The molecule has 5 rings (SSSR count). The van der Waals surface area contributed by atoms with E-state index in [2.05, 4.69) is 6.07 Å². The van der Waals surface area contributed by atoms with Crippen molar-refractivity contribution >= 4 is 12.0 Å². The first kappa shape index (κ1) is 25.4. The van der Waals surface area contributed by atoms with Crippen LogP contribution in [0.2, 0.25) is 0 Å². The van der Waals surface area contributed by atoms with E-state index < -0.39 is 11.9 Å². The van der Waals surface area contributed by atoms with E-state index >= 15 is 0 Å². The molecule has 6 nitrogen and oxygen atoms in total. The second-order valence-electron chi connectivity index (χ2n) is 9.14. The highest BCUT2D eigenvalue weighted by atomic mass is 16.5. The van der Waals surface area contributed by atoms with Gasteiger partial charge in [0.25, 0.3) is 0 Å². The lowest BCUT2D eigenvalue weighted by molar-refractivity contribution is -0.128. The average molecular weight is 515 g/mol. The molecule has 1 heterocycles. The lowest BCUT2D eigenvalue weighted by Gasteiger charge is -2.27. The summed E-state index contributed by atoms with van der Waals surface area (Å²) >= 11 is 0. The molecule has 4 aromatic carbocycles. The van der Waals surface area contributed by atoms with Gasteiger partial charge in [0.05, 0.1) is 5.92 Å². The van der Waals surface area contributed by atoms with Crippen LogP contribution in [0.25, 0.3) is 6.08 Å². The molecule has 4 aromatic rings. The van der Waals surface area contributed by atoms with Crippen molar-refractivity contribution in [1.82, 2.24) is 0 Å². The molecule has 0 amide bonds. The van der Waals surface area contributed by atoms with Gasteiger partial charge < -0.3 is 19.9 Å². The predicted molar refractivity (Wildman–Crippen MR) is 149 cm³/mol. The van der Waals surface area contributed by atoms with Crippen molar-refractivity contribution in [3.05, 3.63) is 142 Å². The minimum Gasteiger partial charge on any atom is -0.489 e. The Morgan fingerprint density at radius 3 is 2.54 bits per heavy atom. The van der Waals surface area contributed by atoms with Gasteiger partial charge in [-0.25, -0.2) is 4.79 Å². The van der Waals surface area contributed by atoms with Crippen LogP contribution in [0.15, 0.2) is 115 Å².